The molecule has 0 aromatic heterocycles. The first-order valence-corrected chi connectivity index (χ1v) is 8.09. The van der Waals surface area contributed by atoms with Gasteiger partial charge in [-0.3, -0.25) is 4.72 Å². The molecule has 2 rings (SSSR count). The summed E-state index contributed by atoms with van der Waals surface area (Å²) >= 11 is 0. The number of rotatable bonds is 6. The van der Waals surface area contributed by atoms with E-state index < -0.39 is 10.2 Å². The number of benzene rings is 2. The topological polar surface area (TPSA) is 61.4 Å². The Hall–Kier alpha value is -2.12. The van der Waals surface area contributed by atoms with Crippen molar-refractivity contribution in [2.45, 2.75) is 6.54 Å². The number of anilines is 2. The maximum atomic E-state index is 12.8. The number of hydrogen-bond acceptors (Lipinski definition) is 3. The summed E-state index contributed by atoms with van der Waals surface area (Å²) < 4.78 is 39.7. The summed E-state index contributed by atoms with van der Waals surface area (Å²) in [7, 11) is -0.577. The van der Waals surface area contributed by atoms with E-state index in [4.69, 9.17) is 0 Å². The maximum Gasteiger partial charge on any atom is 0.301 e. The quantitative estimate of drug-likeness (QED) is 0.859. The highest BCUT2D eigenvalue weighted by Gasteiger charge is 2.12. The van der Waals surface area contributed by atoms with Gasteiger partial charge in [-0.2, -0.15) is 12.7 Å². The molecule has 0 unspecified atom stereocenters. The Morgan fingerprint density at radius 1 is 0.955 bits per heavy atom. The van der Waals surface area contributed by atoms with Gasteiger partial charge in [-0.15, -0.1) is 0 Å². The minimum Gasteiger partial charge on any atom is -0.381 e. The van der Waals surface area contributed by atoms with Crippen molar-refractivity contribution in [2.75, 3.05) is 24.1 Å². The number of halogens is 1. The summed E-state index contributed by atoms with van der Waals surface area (Å²) in [6.45, 7) is 0.559. The number of nitrogens with zero attached hydrogens (tertiary/aromatic N) is 1. The second-order valence-electron chi connectivity index (χ2n) is 4.95. The van der Waals surface area contributed by atoms with E-state index in [1.54, 1.807) is 36.4 Å². The van der Waals surface area contributed by atoms with Crippen molar-refractivity contribution in [1.29, 1.82) is 0 Å². The molecule has 2 aromatic carbocycles. The van der Waals surface area contributed by atoms with E-state index in [1.807, 2.05) is 0 Å². The molecule has 0 aliphatic heterocycles. The standard InChI is InChI=1S/C15H18FN3O2S/c1-19(2)22(20,21)18-15-9-7-14(8-10-15)17-11-12-3-5-13(16)6-4-12/h3-10,17-18H,11H2,1-2H3. The second kappa shape index (κ2) is 6.76. The molecule has 2 aromatic rings. The Labute approximate surface area is 130 Å². The van der Waals surface area contributed by atoms with Crippen molar-refractivity contribution in [3.8, 4) is 0 Å². The SMILES string of the molecule is CN(C)S(=O)(=O)Nc1ccc(NCc2ccc(F)cc2)cc1. The highest BCUT2D eigenvalue weighted by atomic mass is 32.2. The molecule has 0 saturated heterocycles. The van der Waals surface area contributed by atoms with Crippen LogP contribution < -0.4 is 10.0 Å². The van der Waals surface area contributed by atoms with Crippen molar-refractivity contribution in [1.82, 2.24) is 4.31 Å². The maximum absolute atomic E-state index is 12.8. The van der Waals surface area contributed by atoms with E-state index in [0.29, 0.717) is 12.2 Å². The van der Waals surface area contributed by atoms with Gasteiger partial charge in [0.05, 0.1) is 0 Å². The van der Waals surface area contributed by atoms with Crippen LogP contribution in [-0.2, 0) is 16.8 Å². The molecular formula is C15H18FN3O2S. The molecule has 0 radical (unpaired) electrons. The van der Waals surface area contributed by atoms with Crippen molar-refractivity contribution >= 4 is 21.6 Å². The largest absolute Gasteiger partial charge is 0.381 e. The molecule has 2 N–H and O–H groups in total. The Balaban J connectivity index is 1.96. The molecule has 0 aliphatic rings. The first-order valence-electron chi connectivity index (χ1n) is 6.65. The van der Waals surface area contributed by atoms with E-state index in [-0.39, 0.29) is 5.82 Å². The van der Waals surface area contributed by atoms with Crippen molar-refractivity contribution < 1.29 is 12.8 Å². The van der Waals surface area contributed by atoms with Crippen molar-refractivity contribution in [3.63, 3.8) is 0 Å². The summed E-state index contributed by atoms with van der Waals surface area (Å²) in [6, 6.07) is 13.1. The van der Waals surface area contributed by atoms with Crippen molar-refractivity contribution in [3.05, 3.63) is 59.9 Å². The fourth-order valence-corrected chi connectivity index (χ4v) is 2.32. The highest BCUT2D eigenvalue weighted by Crippen LogP contribution is 2.16. The molecule has 0 saturated carbocycles. The van der Waals surface area contributed by atoms with Gasteiger partial charge in [0.15, 0.2) is 0 Å². The summed E-state index contributed by atoms with van der Waals surface area (Å²) in [5.41, 5.74) is 2.29. The third-order valence-electron chi connectivity index (χ3n) is 3.02. The van der Waals surface area contributed by atoms with Gasteiger partial charge in [0.25, 0.3) is 0 Å². The lowest BCUT2D eigenvalue weighted by Crippen LogP contribution is -2.28. The van der Waals surface area contributed by atoms with Gasteiger partial charge in [0.1, 0.15) is 5.82 Å². The van der Waals surface area contributed by atoms with Crippen LogP contribution >= 0.6 is 0 Å². The van der Waals surface area contributed by atoms with Gasteiger partial charge >= 0.3 is 10.2 Å². The Morgan fingerprint density at radius 2 is 1.50 bits per heavy atom. The van der Waals surface area contributed by atoms with Gasteiger partial charge in [-0.05, 0) is 42.0 Å². The van der Waals surface area contributed by atoms with Crippen LogP contribution in [0.3, 0.4) is 0 Å². The molecule has 0 fully saturated rings. The van der Waals surface area contributed by atoms with Crippen molar-refractivity contribution in [2.24, 2.45) is 0 Å². The highest BCUT2D eigenvalue weighted by molar-refractivity contribution is 7.90. The Morgan fingerprint density at radius 3 is 2.05 bits per heavy atom. The second-order valence-corrected chi connectivity index (χ2v) is 6.83. The van der Waals surface area contributed by atoms with E-state index in [0.717, 1.165) is 15.6 Å². The molecule has 0 bridgehead atoms. The minimum atomic E-state index is -3.50. The zero-order valence-electron chi connectivity index (χ0n) is 12.4. The lowest BCUT2D eigenvalue weighted by molar-refractivity contribution is 0.527. The van der Waals surface area contributed by atoms with Crippen LogP contribution in [0.2, 0.25) is 0 Å². The molecule has 5 nitrogen and oxygen atoms in total. The normalized spacial score (nSPS) is 11.5. The molecule has 0 atom stereocenters. The summed E-state index contributed by atoms with van der Waals surface area (Å²) in [6.07, 6.45) is 0. The third-order valence-corrected chi connectivity index (χ3v) is 4.48. The van der Waals surface area contributed by atoms with Crippen LogP contribution in [0.1, 0.15) is 5.56 Å². The van der Waals surface area contributed by atoms with Gasteiger partial charge < -0.3 is 5.32 Å². The Kier molecular flexibility index (Phi) is 4.99. The van der Waals surface area contributed by atoms with Gasteiger partial charge in [0.2, 0.25) is 0 Å². The summed E-state index contributed by atoms with van der Waals surface area (Å²) in [4.78, 5) is 0. The van der Waals surface area contributed by atoms with Crippen LogP contribution in [0.25, 0.3) is 0 Å². The fraction of sp³-hybridized carbons (Fsp3) is 0.200. The lowest BCUT2D eigenvalue weighted by Gasteiger charge is -2.14. The van der Waals surface area contributed by atoms with E-state index in [1.165, 1.54) is 26.2 Å². The molecule has 0 spiro atoms. The summed E-state index contributed by atoms with van der Waals surface area (Å²) in [5.74, 6) is -0.263. The molecule has 118 valence electrons. The molecule has 0 aliphatic carbocycles. The zero-order valence-corrected chi connectivity index (χ0v) is 13.2. The molecule has 22 heavy (non-hydrogen) atoms. The first kappa shape index (κ1) is 16.3. The average Bonchev–Trinajstić information content (AvgIpc) is 2.48. The van der Waals surface area contributed by atoms with Gasteiger partial charge in [0, 0.05) is 32.0 Å². The van der Waals surface area contributed by atoms with Crippen LogP contribution in [-0.4, -0.2) is 26.8 Å². The zero-order chi connectivity index (χ0) is 16.2. The van der Waals surface area contributed by atoms with Crippen LogP contribution in [0.5, 0.6) is 0 Å². The summed E-state index contributed by atoms with van der Waals surface area (Å²) in [5, 5.41) is 3.18. The first-order chi connectivity index (χ1) is 10.4. The molecule has 0 amide bonds. The number of hydrogen-bond donors (Lipinski definition) is 2. The smallest absolute Gasteiger partial charge is 0.301 e. The molecular weight excluding hydrogens is 305 g/mol. The number of nitrogens with one attached hydrogen (secondary N) is 2. The van der Waals surface area contributed by atoms with E-state index >= 15 is 0 Å². The van der Waals surface area contributed by atoms with Gasteiger partial charge in [-0.25, -0.2) is 4.39 Å². The Bertz CT molecular complexity index is 713. The minimum absolute atomic E-state index is 0.263. The predicted molar refractivity (Wildman–Crippen MR) is 86.4 cm³/mol. The monoisotopic (exact) mass is 323 g/mol. The predicted octanol–water partition coefficient (Wildman–Crippen LogP) is 2.66. The lowest BCUT2D eigenvalue weighted by atomic mass is 10.2. The van der Waals surface area contributed by atoms with Crippen LogP contribution in [0.15, 0.2) is 48.5 Å². The van der Waals surface area contributed by atoms with Crippen LogP contribution in [0.4, 0.5) is 15.8 Å². The average molecular weight is 323 g/mol. The van der Waals surface area contributed by atoms with E-state index in [9.17, 15) is 12.8 Å². The molecule has 7 heteroatoms. The molecule has 0 heterocycles. The fourth-order valence-electron chi connectivity index (χ4n) is 1.70. The van der Waals surface area contributed by atoms with Gasteiger partial charge in [-0.1, -0.05) is 12.1 Å². The van der Waals surface area contributed by atoms with Crippen LogP contribution in [0, 0.1) is 5.82 Å². The third kappa shape index (κ3) is 4.44. The van der Waals surface area contributed by atoms with E-state index in [2.05, 4.69) is 10.0 Å².